The molecular formula is C70H46N2O. The Balaban J connectivity index is 0.786. The molecule has 0 amide bonds. The lowest BCUT2D eigenvalue weighted by atomic mass is 9.97. The van der Waals surface area contributed by atoms with Gasteiger partial charge in [0.15, 0.2) is 5.58 Å². The standard InChI is InChI=1S/C70H46N2O/c1-2-12-47(13-3-1)48-22-24-49(25-23-48)50-26-28-51(29-27-50)54-34-40-58(41-35-54)71(67-46-57-14-4-5-15-61(57)69-64-18-8-11-21-68(64)73-70(67)69)59-42-36-55(37-43-59)52-30-32-53(33-31-52)56-38-44-60(45-39-56)72-65-19-9-6-16-62(65)63-17-7-10-20-66(63)72/h1-46H. The highest BCUT2D eigenvalue weighted by Crippen LogP contribution is 2.46. The van der Waals surface area contributed by atoms with Crippen molar-refractivity contribution in [3.05, 3.63) is 279 Å². The van der Waals surface area contributed by atoms with Crippen molar-refractivity contribution in [1.29, 1.82) is 0 Å². The summed E-state index contributed by atoms with van der Waals surface area (Å²) in [4.78, 5) is 2.35. The third-order valence-electron chi connectivity index (χ3n) is 14.6. The monoisotopic (exact) mass is 930 g/mol. The van der Waals surface area contributed by atoms with E-state index in [9.17, 15) is 0 Å². The van der Waals surface area contributed by atoms with Crippen molar-refractivity contribution in [3.63, 3.8) is 0 Å². The van der Waals surface area contributed by atoms with E-state index in [0.717, 1.165) is 66.8 Å². The molecule has 3 nitrogen and oxygen atoms in total. The molecule has 0 saturated heterocycles. The summed E-state index contributed by atoms with van der Waals surface area (Å²) in [6.45, 7) is 0. The van der Waals surface area contributed by atoms with Gasteiger partial charge in [-0.3, -0.25) is 0 Å². The van der Waals surface area contributed by atoms with Crippen molar-refractivity contribution in [3.8, 4) is 61.3 Å². The number of anilines is 3. The lowest BCUT2D eigenvalue weighted by molar-refractivity contribution is 0.669. The topological polar surface area (TPSA) is 21.3 Å². The summed E-state index contributed by atoms with van der Waals surface area (Å²) in [5.74, 6) is 0. The van der Waals surface area contributed by atoms with Crippen LogP contribution in [-0.4, -0.2) is 4.57 Å². The van der Waals surface area contributed by atoms with Crippen LogP contribution in [0.1, 0.15) is 0 Å². The first kappa shape index (κ1) is 42.2. The van der Waals surface area contributed by atoms with E-state index in [-0.39, 0.29) is 0 Å². The van der Waals surface area contributed by atoms with Gasteiger partial charge in [-0.05, 0) is 127 Å². The third-order valence-corrected chi connectivity index (χ3v) is 14.6. The zero-order valence-corrected chi connectivity index (χ0v) is 39.9. The lowest BCUT2D eigenvalue weighted by Crippen LogP contribution is -2.10. The molecule has 0 N–H and O–H groups in total. The minimum absolute atomic E-state index is 0.860. The normalized spacial score (nSPS) is 11.6. The van der Waals surface area contributed by atoms with Gasteiger partial charge in [-0.2, -0.15) is 0 Å². The fourth-order valence-electron chi connectivity index (χ4n) is 11.0. The highest BCUT2D eigenvalue weighted by molar-refractivity contribution is 6.23. The van der Waals surface area contributed by atoms with Gasteiger partial charge < -0.3 is 13.9 Å². The molecular weight excluding hydrogens is 885 g/mol. The predicted octanol–water partition coefficient (Wildman–Crippen LogP) is 19.6. The quantitative estimate of drug-likeness (QED) is 0.144. The van der Waals surface area contributed by atoms with Crippen molar-refractivity contribution in [1.82, 2.24) is 4.57 Å². The van der Waals surface area contributed by atoms with Crippen molar-refractivity contribution >= 4 is 71.6 Å². The van der Waals surface area contributed by atoms with Gasteiger partial charge in [-0.1, -0.05) is 218 Å². The van der Waals surface area contributed by atoms with Gasteiger partial charge in [0.05, 0.1) is 16.7 Å². The van der Waals surface area contributed by atoms with Crippen LogP contribution in [0.25, 0.3) is 116 Å². The van der Waals surface area contributed by atoms with E-state index in [1.165, 1.54) is 66.1 Å². The summed E-state index contributed by atoms with van der Waals surface area (Å²) < 4.78 is 9.21. The molecule has 0 saturated carbocycles. The van der Waals surface area contributed by atoms with Crippen LogP contribution in [0.5, 0.6) is 0 Å². The molecule has 342 valence electrons. The Kier molecular flexibility index (Phi) is 10.2. The van der Waals surface area contributed by atoms with Crippen LogP contribution < -0.4 is 4.90 Å². The van der Waals surface area contributed by atoms with E-state index in [1.807, 2.05) is 6.07 Å². The fraction of sp³-hybridized carbons (Fsp3) is 0. The molecule has 2 aromatic heterocycles. The second-order valence-electron chi connectivity index (χ2n) is 18.9. The molecule has 0 aliphatic heterocycles. The van der Waals surface area contributed by atoms with Gasteiger partial charge in [0.25, 0.3) is 0 Å². The molecule has 73 heavy (non-hydrogen) atoms. The van der Waals surface area contributed by atoms with Gasteiger partial charge in [0.1, 0.15) is 5.58 Å². The van der Waals surface area contributed by atoms with Gasteiger partial charge in [0, 0.05) is 38.6 Å². The number of hydrogen-bond acceptors (Lipinski definition) is 2. The number of aromatic nitrogens is 1. The van der Waals surface area contributed by atoms with Gasteiger partial charge >= 0.3 is 0 Å². The van der Waals surface area contributed by atoms with E-state index >= 15 is 0 Å². The zero-order chi connectivity index (χ0) is 48.2. The first-order valence-corrected chi connectivity index (χ1v) is 25.0. The van der Waals surface area contributed by atoms with Crippen LogP contribution >= 0.6 is 0 Å². The molecule has 0 bridgehead atoms. The maximum atomic E-state index is 6.84. The number of para-hydroxylation sites is 3. The molecule has 3 heteroatoms. The van der Waals surface area contributed by atoms with Crippen LogP contribution in [0.2, 0.25) is 0 Å². The molecule has 0 spiro atoms. The number of fused-ring (bicyclic) bond motifs is 8. The van der Waals surface area contributed by atoms with Crippen molar-refractivity contribution in [2.24, 2.45) is 0 Å². The highest BCUT2D eigenvalue weighted by atomic mass is 16.3. The number of furan rings is 1. The van der Waals surface area contributed by atoms with Crippen LogP contribution in [-0.2, 0) is 0 Å². The largest absolute Gasteiger partial charge is 0.454 e. The first-order chi connectivity index (χ1) is 36.2. The molecule has 0 aliphatic rings. The van der Waals surface area contributed by atoms with Crippen molar-refractivity contribution < 1.29 is 4.42 Å². The SMILES string of the molecule is c1ccc(-c2ccc(-c3ccc(-c4ccc(N(c5ccc(-c6ccc(-c7ccc(-n8c9ccccc9c9ccccc98)cc7)cc6)cc5)c5cc6ccccc6c6c5oc5ccccc56)cc4)cc3)cc2)cc1. The Morgan fingerprint density at radius 1 is 0.288 bits per heavy atom. The van der Waals surface area contributed by atoms with E-state index < -0.39 is 0 Å². The third kappa shape index (κ3) is 7.46. The Labute approximate surface area is 423 Å². The van der Waals surface area contributed by atoms with E-state index in [0.29, 0.717) is 0 Å². The molecule has 0 aliphatic carbocycles. The fourth-order valence-corrected chi connectivity index (χ4v) is 11.0. The number of rotatable bonds is 9. The average molecular weight is 931 g/mol. The lowest BCUT2D eigenvalue weighted by Gasteiger charge is -2.26. The predicted molar refractivity (Wildman–Crippen MR) is 307 cm³/mol. The average Bonchev–Trinajstić information content (AvgIpc) is 4.03. The van der Waals surface area contributed by atoms with E-state index in [2.05, 4.69) is 282 Å². The van der Waals surface area contributed by atoms with Crippen molar-refractivity contribution in [2.75, 3.05) is 4.90 Å². The molecule has 2 heterocycles. The Hall–Kier alpha value is -9.70. The first-order valence-electron chi connectivity index (χ1n) is 25.0. The van der Waals surface area contributed by atoms with Gasteiger partial charge in [-0.15, -0.1) is 0 Å². The summed E-state index contributed by atoms with van der Waals surface area (Å²) in [7, 11) is 0. The number of nitrogens with zero attached hydrogens (tertiary/aromatic N) is 2. The summed E-state index contributed by atoms with van der Waals surface area (Å²) in [6, 6.07) is 101. The summed E-state index contributed by atoms with van der Waals surface area (Å²) >= 11 is 0. The smallest absolute Gasteiger partial charge is 0.160 e. The maximum Gasteiger partial charge on any atom is 0.160 e. The van der Waals surface area contributed by atoms with Crippen molar-refractivity contribution in [2.45, 2.75) is 0 Å². The zero-order valence-electron chi connectivity index (χ0n) is 39.9. The Morgan fingerprint density at radius 2 is 0.644 bits per heavy atom. The minimum Gasteiger partial charge on any atom is -0.454 e. The molecule has 0 fully saturated rings. The molecule has 14 rings (SSSR count). The molecule has 0 radical (unpaired) electrons. The second kappa shape index (κ2) is 17.6. The molecule has 14 aromatic rings. The van der Waals surface area contributed by atoms with E-state index in [1.54, 1.807) is 0 Å². The van der Waals surface area contributed by atoms with Crippen LogP contribution in [0, 0.1) is 0 Å². The van der Waals surface area contributed by atoms with Crippen LogP contribution in [0.3, 0.4) is 0 Å². The summed E-state index contributed by atoms with van der Waals surface area (Å²) in [5, 5.41) is 7.10. The van der Waals surface area contributed by atoms with Crippen LogP contribution in [0.4, 0.5) is 17.1 Å². The summed E-state index contributed by atoms with van der Waals surface area (Å²) in [5.41, 5.74) is 20.2. The second-order valence-corrected chi connectivity index (χ2v) is 18.9. The Bertz CT molecular complexity index is 4250. The van der Waals surface area contributed by atoms with Crippen LogP contribution in [0.15, 0.2) is 283 Å². The van der Waals surface area contributed by atoms with Gasteiger partial charge in [-0.25, -0.2) is 0 Å². The Morgan fingerprint density at radius 3 is 1.12 bits per heavy atom. The molecule has 0 atom stereocenters. The molecule has 12 aromatic carbocycles. The number of hydrogen-bond donors (Lipinski definition) is 0. The maximum absolute atomic E-state index is 6.84. The van der Waals surface area contributed by atoms with E-state index in [4.69, 9.17) is 4.42 Å². The molecule has 0 unspecified atom stereocenters. The highest BCUT2D eigenvalue weighted by Gasteiger charge is 2.22. The summed E-state index contributed by atoms with van der Waals surface area (Å²) in [6.07, 6.45) is 0. The minimum atomic E-state index is 0.860. The van der Waals surface area contributed by atoms with Gasteiger partial charge in [0.2, 0.25) is 0 Å². The number of benzene rings is 12.